The third-order valence-electron chi connectivity index (χ3n) is 3.11. The Kier molecular flexibility index (Phi) is 4.20. The molecular formula is C16H14N2O3S. The molecule has 3 rings (SSSR count). The van der Waals surface area contributed by atoms with E-state index in [2.05, 4.69) is 5.32 Å². The van der Waals surface area contributed by atoms with Crippen molar-refractivity contribution in [2.45, 2.75) is 13.1 Å². The van der Waals surface area contributed by atoms with Crippen LogP contribution in [0.25, 0.3) is 0 Å². The molecule has 1 N–H and O–H groups in total. The number of hydrogen-bond acceptors (Lipinski definition) is 4. The second kappa shape index (κ2) is 6.44. The Morgan fingerprint density at radius 2 is 2.09 bits per heavy atom. The lowest BCUT2D eigenvalue weighted by molar-refractivity contribution is 0.0921. The second-order valence-corrected chi connectivity index (χ2v) is 5.73. The van der Waals surface area contributed by atoms with Gasteiger partial charge in [-0.25, -0.2) is 0 Å². The first-order valence-corrected chi connectivity index (χ1v) is 7.65. The van der Waals surface area contributed by atoms with Crippen LogP contribution in [-0.2, 0) is 13.1 Å². The zero-order valence-electron chi connectivity index (χ0n) is 11.7. The van der Waals surface area contributed by atoms with Crippen molar-refractivity contribution in [3.05, 3.63) is 80.8 Å². The number of nitrogens with zero attached hydrogens (tertiary/aromatic N) is 1. The van der Waals surface area contributed by atoms with Crippen LogP contribution < -0.4 is 10.9 Å². The van der Waals surface area contributed by atoms with Gasteiger partial charge in [0.25, 0.3) is 11.5 Å². The molecule has 0 bridgehead atoms. The molecule has 0 aromatic carbocycles. The normalized spacial score (nSPS) is 10.5. The van der Waals surface area contributed by atoms with E-state index >= 15 is 0 Å². The van der Waals surface area contributed by atoms with Crippen molar-refractivity contribution in [3.8, 4) is 0 Å². The number of carbonyl (C=O) groups excluding carboxylic acids is 1. The number of furan rings is 1. The highest BCUT2D eigenvalue weighted by Crippen LogP contribution is 2.11. The predicted octanol–water partition coefficient (Wildman–Crippen LogP) is 2.48. The fourth-order valence-corrected chi connectivity index (χ4v) is 2.66. The summed E-state index contributed by atoms with van der Waals surface area (Å²) in [5, 5.41) is 4.76. The lowest BCUT2D eigenvalue weighted by Gasteiger charge is -2.02. The summed E-state index contributed by atoms with van der Waals surface area (Å²) in [4.78, 5) is 24.7. The van der Waals surface area contributed by atoms with E-state index in [1.807, 2.05) is 17.5 Å². The Balaban J connectivity index is 1.64. The molecule has 0 saturated carbocycles. The predicted molar refractivity (Wildman–Crippen MR) is 84.0 cm³/mol. The van der Waals surface area contributed by atoms with Crippen LogP contribution in [0.2, 0.25) is 0 Å². The van der Waals surface area contributed by atoms with E-state index in [0.29, 0.717) is 18.8 Å². The van der Waals surface area contributed by atoms with E-state index < -0.39 is 0 Å². The molecule has 0 radical (unpaired) electrons. The van der Waals surface area contributed by atoms with Crippen molar-refractivity contribution >= 4 is 17.2 Å². The van der Waals surface area contributed by atoms with Gasteiger partial charge < -0.3 is 14.3 Å². The first-order chi connectivity index (χ1) is 10.7. The standard InChI is InChI=1S/C16H14N2O3S/c19-15-5-1-2-8-18(15)11-12-6-7-14(21-12)16(20)17-10-13-4-3-9-22-13/h1-9H,10-11H2,(H,17,20). The smallest absolute Gasteiger partial charge is 0.287 e. The number of rotatable bonds is 5. The fraction of sp³-hybridized carbons (Fsp3) is 0.125. The molecule has 1 amide bonds. The Labute approximate surface area is 130 Å². The highest BCUT2D eigenvalue weighted by Gasteiger charge is 2.11. The number of aromatic nitrogens is 1. The third-order valence-corrected chi connectivity index (χ3v) is 3.99. The maximum Gasteiger partial charge on any atom is 0.287 e. The number of hydrogen-bond donors (Lipinski definition) is 1. The molecule has 5 nitrogen and oxygen atoms in total. The lowest BCUT2D eigenvalue weighted by Crippen LogP contribution is -2.21. The summed E-state index contributed by atoms with van der Waals surface area (Å²) >= 11 is 1.59. The summed E-state index contributed by atoms with van der Waals surface area (Å²) in [5.74, 6) is 0.546. The quantitative estimate of drug-likeness (QED) is 0.787. The van der Waals surface area contributed by atoms with Crippen LogP contribution in [0.3, 0.4) is 0 Å². The maximum atomic E-state index is 12.0. The molecule has 3 heterocycles. The van der Waals surface area contributed by atoms with Gasteiger partial charge in [-0.05, 0) is 29.6 Å². The van der Waals surface area contributed by atoms with E-state index in [0.717, 1.165) is 4.88 Å². The average molecular weight is 314 g/mol. The zero-order chi connectivity index (χ0) is 15.4. The summed E-state index contributed by atoms with van der Waals surface area (Å²) < 4.78 is 7.03. The molecule has 22 heavy (non-hydrogen) atoms. The van der Waals surface area contributed by atoms with E-state index in [9.17, 15) is 9.59 Å². The fourth-order valence-electron chi connectivity index (χ4n) is 2.01. The van der Waals surface area contributed by atoms with E-state index in [4.69, 9.17) is 4.42 Å². The monoisotopic (exact) mass is 314 g/mol. The van der Waals surface area contributed by atoms with Crippen LogP contribution >= 0.6 is 11.3 Å². The number of thiophene rings is 1. The molecule has 0 aliphatic heterocycles. The topological polar surface area (TPSA) is 64.2 Å². The number of amides is 1. The summed E-state index contributed by atoms with van der Waals surface area (Å²) in [5.41, 5.74) is -0.109. The number of carbonyl (C=O) groups is 1. The molecule has 0 aliphatic rings. The van der Waals surface area contributed by atoms with Gasteiger partial charge in [-0.2, -0.15) is 0 Å². The van der Waals surface area contributed by atoms with Crippen molar-refractivity contribution in [2.75, 3.05) is 0 Å². The van der Waals surface area contributed by atoms with Gasteiger partial charge in [0, 0.05) is 17.1 Å². The minimum absolute atomic E-state index is 0.109. The molecule has 3 aromatic heterocycles. The van der Waals surface area contributed by atoms with Crippen LogP contribution in [0, 0.1) is 0 Å². The number of nitrogens with one attached hydrogen (secondary N) is 1. The Morgan fingerprint density at radius 1 is 1.18 bits per heavy atom. The Morgan fingerprint density at radius 3 is 2.86 bits per heavy atom. The molecule has 0 atom stereocenters. The summed E-state index contributed by atoms with van der Waals surface area (Å²) in [6, 6.07) is 12.2. The molecule has 0 fully saturated rings. The molecule has 112 valence electrons. The SMILES string of the molecule is O=C(NCc1cccs1)c1ccc(Cn2ccccc2=O)o1. The molecule has 0 aliphatic carbocycles. The third kappa shape index (κ3) is 3.35. The largest absolute Gasteiger partial charge is 0.454 e. The summed E-state index contributed by atoms with van der Waals surface area (Å²) in [7, 11) is 0. The summed E-state index contributed by atoms with van der Waals surface area (Å²) in [6.45, 7) is 0.780. The van der Waals surface area contributed by atoms with Crippen molar-refractivity contribution in [1.82, 2.24) is 9.88 Å². The second-order valence-electron chi connectivity index (χ2n) is 4.69. The maximum absolute atomic E-state index is 12.0. The van der Waals surface area contributed by atoms with Gasteiger partial charge in [0.1, 0.15) is 5.76 Å². The van der Waals surface area contributed by atoms with Gasteiger partial charge in [-0.15, -0.1) is 11.3 Å². The van der Waals surface area contributed by atoms with E-state index in [1.54, 1.807) is 41.8 Å². The van der Waals surface area contributed by atoms with Gasteiger partial charge in [-0.1, -0.05) is 12.1 Å². The van der Waals surface area contributed by atoms with E-state index in [1.165, 1.54) is 10.6 Å². The van der Waals surface area contributed by atoms with Crippen LogP contribution in [0.15, 0.2) is 63.3 Å². The van der Waals surface area contributed by atoms with Crippen LogP contribution in [0.1, 0.15) is 21.2 Å². The molecule has 3 aromatic rings. The minimum atomic E-state index is -0.264. The molecule has 0 unspecified atom stereocenters. The Bertz CT molecular complexity index is 818. The van der Waals surface area contributed by atoms with Gasteiger partial charge in [-0.3, -0.25) is 9.59 Å². The summed E-state index contributed by atoms with van der Waals surface area (Å²) in [6.07, 6.45) is 1.68. The van der Waals surface area contributed by atoms with Crippen LogP contribution in [0.5, 0.6) is 0 Å². The van der Waals surface area contributed by atoms with Crippen molar-refractivity contribution in [3.63, 3.8) is 0 Å². The van der Waals surface area contributed by atoms with Gasteiger partial charge in [0.05, 0.1) is 13.1 Å². The molecule has 0 saturated heterocycles. The highest BCUT2D eigenvalue weighted by molar-refractivity contribution is 7.09. The van der Waals surface area contributed by atoms with Crippen molar-refractivity contribution in [2.24, 2.45) is 0 Å². The first-order valence-electron chi connectivity index (χ1n) is 6.77. The average Bonchev–Trinajstić information content (AvgIpc) is 3.19. The highest BCUT2D eigenvalue weighted by atomic mass is 32.1. The minimum Gasteiger partial charge on any atom is -0.454 e. The number of pyridine rings is 1. The van der Waals surface area contributed by atoms with Gasteiger partial charge in [0.15, 0.2) is 5.76 Å². The van der Waals surface area contributed by atoms with Gasteiger partial charge >= 0.3 is 0 Å². The molecule has 0 spiro atoms. The van der Waals surface area contributed by atoms with Crippen LogP contribution in [0.4, 0.5) is 0 Å². The van der Waals surface area contributed by atoms with Crippen LogP contribution in [-0.4, -0.2) is 10.5 Å². The molecular weight excluding hydrogens is 300 g/mol. The van der Waals surface area contributed by atoms with E-state index in [-0.39, 0.29) is 17.2 Å². The van der Waals surface area contributed by atoms with Crippen molar-refractivity contribution < 1.29 is 9.21 Å². The lowest BCUT2D eigenvalue weighted by atomic mass is 10.4. The van der Waals surface area contributed by atoms with Crippen molar-refractivity contribution in [1.29, 1.82) is 0 Å². The Hall–Kier alpha value is -2.60. The zero-order valence-corrected chi connectivity index (χ0v) is 12.5. The van der Waals surface area contributed by atoms with Gasteiger partial charge in [0.2, 0.25) is 0 Å². The first kappa shape index (κ1) is 14.3. The molecule has 6 heteroatoms.